The number of carbonyl (C=O) groups is 3. The van der Waals surface area contributed by atoms with Crippen LogP contribution in [-0.2, 0) is 10.2 Å². The zero-order valence-electron chi connectivity index (χ0n) is 22.2. The number of likely N-dealkylation sites (tertiary alicyclic amines) is 1. The molecule has 0 spiro atoms. The molecule has 0 bridgehead atoms. The molecule has 1 saturated carbocycles. The van der Waals surface area contributed by atoms with Gasteiger partial charge in [-0.05, 0) is 78.2 Å². The van der Waals surface area contributed by atoms with Crippen molar-refractivity contribution in [3.63, 3.8) is 0 Å². The van der Waals surface area contributed by atoms with Gasteiger partial charge in [0, 0.05) is 31.3 Å². The van der Waals surface area contributed by atoms with Crippen molar-refractivity contribution in [1.82, 2.24) is 41.5 Å². The molecule has 2 aromatic carbocycles. The van der Waals surface area contributed by atoms with Crippen LogP contribution in [0.25, 0.3) is 11.1 Å². The standard InChI is InChI=1S/C28H29N9O3/c1-30-25(39)15-3-5-21-19(10-15)20-11-16(26(40)31-2)4-6-22(20)28(21,27-33-35-36-34-27)7-8-32-14-24(38)37-18(13-29)9-17-12-23(17)37/h3-6,10-11,17-18,23,32H,7-9,12,14H2,1-2H3,(H,30,39)(H,31,40)(H,33,34,35,36)/t17-,18?,23+/m1/s1. The first-order valence-corrected chi connectivity index (χ1v) is 13.3. The van der Waals surface area contributed by atoms with Gasteiger partial charge in [-0.25, -0.2) is 0 Å². The van der Waals surface area contributed by atoms with Crippen LogP contribution in [0.5, 0.6) is 0 Å². The molecule has 3 aromatic rings. The van der Waals surface area contributed by atoms with Crippen molar-refractivity contribution < 1.29 is 14.4 Å². The lowest BCUT2D eigenvalue weighted by Crippen LogP contribution is -2.43. The van der Waals surface area contributed by atoms with Crippen molar-refractivity contribution in [3.05, 3.63) is 64.5 Å². The summed E-state index contributed by atoms with van der Waals surface area (Å²) in [5.74, 6) is 0.397. The fourth-order valence-electron chi connectivity index (χ4n) is 6.45. The molecule has 2 aliphatic carbocycles. The highest BCUT2D eigenvalue weighted by atomic mass is 16.2. The summed E-state index contributed by atoms with van der Waals surface area (Å²) in [7, 11) is 3.15. The van der Waals surface area contributed by atoms with Gasteiger partial charge in [0.25, 0.3) is 11.8 Å². The molecule has 1 unspecified atom stereocenters. The molecule has 3 amide bonds. The number of nitrogens with zero attached hydrogens (tertiary/aromatic N) is 5. The van der Waals surface area contributed by atoms with Crippen molar-refractivity contribution in [1.29, 1.82) is 5.26 Å². The number of aromatic amines is 1. The number of nitriles is 1. The molecule has 40 heavy (non-hydrogen) atoms. The lowest BCUT2D eigenvalue weighted by Gasteiger charge is -2.29. The Labute approximate surface area is 230 Å². The van der Waals surface area contributed by atoms with E-state index in [1.165, 1.54) is 0 Å². The van der Waals surface area contributed by atoms with Gasteiger partial charge >= 0.3 is 0 Å². The maximum absolute atomic E-state index is 13.0. The first-order chi connectivity index (χ1) is 19.4. The van der Waals surface area contributed by atoms with Crippen LogP contribution in [0.3, 0.4) is 0 Å². The van der Waals surface area contributed by atoms with Gasteiger partial charge in [-0.3, -0.25) is 14.4 Å². The van der Waals surface area contributed by atoms with Crippen LogP contribution in [0.2, 0.25) is 0 Å². The van der Waals surface area contributed by atoms with Crippen LogP contribution in [0.4, 0.5) is 0 Å². The van der Waals surface area contributed by atoms with Gasteiger partial charge < -0.3 is 20.9 Å². The maximum atomic E-state index is 13.0. The third-order valence-corrected chi connectivity index (χ3v) is 8.45. The van der Waals surface area contributed by atoms with Crippen LogP contribution in [0.15, 0.2) is 36.4 Å². The molecule has 204 valence electrons. The normalized spacial score (nSPS) is 21.1. The molecule has 0 radical (unpaired) electrons. The number of H-pyrrole nitrogens is 1. The Morgan fingerprint density at radius 2 is 1.70 bits per heavy atom. The second-order valence-electron chi connectivity index (χ2n) is 10.5. The maximum Gasteiger partial charge on any atom is 0.251 e. The third-order valence-electron chi connectivity index (χ3n) is 8.45. The molecule has 1 aromatic heterocycles. The number of aromatic nitrogens is 4. The highest BCUT2D eigenvalue weighted by Gasteiger charge is 2.54. The van der Waals surface area contributed by atoms with Crippen LogP contribution in [0, 0.1) is 17.2 Å². The summed E-state index contributed by atoms with van der Waals surface area (Å²) in [5.41, 5.74) is 3.49. The summed E-state index contributed by atoms with van der Waals surface area (Å²) in [6.07, 6.45) is 2.22. The topological polar surface area (TPSA) is 169 Å². The number of amides is 3. The summed E-state index contributed by atoms with van der Waals surface area (Å²) >= 11 is 0. The summed E-state index contributed by atoms with van der Waals surface area (Å²) in [6.45, 7) is 0.557. The molecule has 3 atom stereocenters. The molecule has 2 fully saturated rings. The molecular weight excluding hydrogens is 510 g/mol. The lowest BCUT2D eigenvalue weighted by atomic mass is 9.74. The van der Waals surface area contributed by atoms with Gasteiger partial charge in [0.15, 0.2) is 5.82 Å². The van der Waals surface area contributed by atoms with Crippen LogP contribution >= 0.6 is 0 Å². The van der Waals surface area contributed by atoms with Crippen LogP contribution < -0.4 is 16.0 Å². The number of rotatable bonds is 8. The minimum atomic E-state index is -0.847. The molecule has 12 heteroatoms. The van der Waals surface area contributed by atoms with Crippen molar-refractivity contribution in [2.75, 3.05) is 27.2 Å². The number of nitrogens with one attached hydrogen (secondary N) is 4. The predicted molar refractivity (Wildman–Crippen MR) is 143 cm³/mol. The van der Waals surface area contributed by atoms with Gasteiger partial charge in [-0.15, -0.1) is 10.2 Å². The molecular formula is C28H29N9O3. The highest BCUT2D eigenvalue weighted by molar-refractivity contribution is 5.99. The fourth-order valence-corrected chi connectivity index (χ4v) is 6.45. The average molecular weight is 540 g/mol. The molecule has 6 rings (SSSR count). The monoisotopic (exact) mass is 539 g/mol. The van der Waals surface area contributed by atoms with Gasteiger partial charge in [0.1, 0.15) is 6.04 Å². The molecule has 1 saturated heterocycles. The Kier molecular flexibility index (Phi) is 6.31. The number of benzene rings is 2. The Balaban J connectivity index is 1.35. The molecule has 1 aliphatic heterocycles. The van der Waals surface area contributed by atoms with E-state index in [1.54, 1.807) is 31.1 Å². The summed E-state index contributed by atoms with van der Waals surface area (Å²) in [5, 5.41) is 33.3. The number of hydrogen-bond acceptors (Lipinski definition) is 8. The van der Waals surface area contributed by atoms with E-state index in [9.17, 15) is 19.6 Å². The van der Waals surface area contributed by atoms with Crippen molar-refractivity contribution in [2.45, 2.75) is 36.8 Å². The van der Waals surface area contributed by atoms with E-state index >= 15 is 0 Å². The molecule has 3 aliphatic rings. The van der Waals surface area contributed by atoms with E-state index in [2.05, 4.69) is 42.6 Å². The number of hydrogen-bond donors (Lipinski definition) is 4. The van der Waals surface area contributed by atoms with Crippen molar-refractivity contribution in [3.8, 4) is 17.2 Å². The Morgan fingerprint density at radius 1 is 1.05 bits per heavy atom. The average Bonchev–Trinajstić information content (AvgIpc) is 3.32. The molecule has 12 nitrogen and oxygen atoms in total. The van der Waals surface area contributed by atoms with Crippen molar-refractivity contribution >= 4 is 17.7 Å². The smallest absolute Gasteiger partial charge is 0.251 e. The second-order valence-corrected chi connectivity index (χ2v) is 10.5. The van der Waals surface area contributed by atoms with Crippen molar-refractivity contribution in [2.24, 2.45) is 5.92 Å². The van der Waals surface area contributed by atoms with E-state index < -0.39 is 5.41 Å². The van der Waals surface area contributed by atoms with Crippen LogP contribution in [0.1, 0.15) is 56.9 Å². The van der Waals surface area contributed by atoms with Crippen LogP contribution in [-0.4, -0.2) is 82.5 Å². The van der Waals surface area contributed by atoms with E-state index in [1.807, 2.05) is 24.3 Å². The first kappa shape index (κ1) is 25.6. The Morgan fingerprint density at radius 3 is 2.25 bits per heavy atom. The Bertz CT molecular complexity index is 1480. The predicted octanol–water partition coefficient (Wildman–Crippen LogP) is 0.726. The molecule has 4 N–H and O–H groups in total. The molecule has 2 heterocycles. The van der Waals surface area contributed by atoms with Gasteiger partial charge in [-0.2, -0.15) is 10.5 Å². The Hall–Kier alpha value is -4.63. The fraction of sp³-hybridized carbons (Fsp3) is 0.393. The van der Waals surface area contributed by atoms with E-state index in [0.717, 1.165) is 35.1 Å². The zero-order valence-corrected chi connectivity index (χ0v) is 22.2. The number of fused-ring (bicyclic) bond motifs is 4. The summed E-state index contributed by atoms with van der Waals surface area (Å²) in [4.78, 5) is 39.8. The van der Waals surface area contributed by atoms with Gasteiger partial charge in [-0.1, -0.05) is 17.3 Å². The number of carbonyl (C=O) groups excluding carboxylic acids is 3. The summed E-state index contributed by atoms with van der Waals surface area (Å²) in [6, 6.07) is 13.1. The third kappa shape index (κ3) is 3.93. The first-order valence-electron chi connectivity index (χ1n) is 13.3. The minimum Gasteiger partial charge on any atom is -0.355 e. The van der Waals surface area contributed by atoms with E-state index in [-0.39, 0.29) is 36.3 Å². The minimum absolute atomic E-state index is 0.0668. The van der Waals surface area contributed by atoms with E-state index in [4.69, 9.17) is 0 Å². The van der Waals surface area contributed by atoms with Gasteiger partial charge in [0.2, 0.25) is 5.91 Å². The SMILES string of the molecule is CNC(=O)c1ccc2c(c1)-c1cc(C(=O)NC)ccc1C2(CCNCC(=O)N1C(C#N)C[C@@H]2C[C@@H]21)c1nn[nH]n1. The highest BCUT2D eigenvalue weighted by Crippen LogP contribution is 2.53. The largest absolute Gasteiger partial charge is 0.355 e. The zero-order chi connectivity index (χ0) is 28.0. The summed E-state index contributed by atoms with van der Waals surface area (Å²) < 4.78 is 0. The quantitative estimate of drug-likeness (QED) is 0.304. The second kappa shape index (κ2) is 9.84. The van der Waals surface area contributed by atoms with E-state index in [0.29, 0.717) is 35.8 Å². The number of piperidine rings is 1. The lowest BCUT2D eigenvalue weighted by molar-refractivity contribution is -0.131. The number of tetrazole rings is 1. The van der Waals surface area contributed by atoms with Gasteiger partial charge in [0.05, 0.1) is 18.0 Å².